The Kier molecular flexibility index (Phi) is 6.60. The molecule has 0 aliphatic carbocycles. The molecule has 1 amide bonds. The number of nitrogens with zero attached hydrogens (tertiary/aromatic N) is 3. The van der Waals surface area contributed by atoms with E-state index in [0.717, 1.165) is 5.56 Å². The first-order chi connectivity index (χ1) is 17.0. The van der Waals surface area contributed by atoms with Gasteiger partial charge in [0.05, 0.1) is 17.2 Å². The summed E-state index contributed by atoms with van der Waals surface area (Å²) in [4.78, 5) is 28.9. The molecule has 0 unspecified atom stereocenters. The van der Waals surface area contributed by atoms with Crippen molar-refractivity contribution in [3.63, 3.8) is 0 Å². The van der Waals surface area contributed by atoms with Crippen molar-refractivity contribution < 1.29 is 14.3 Å². The largest absolute Gasteiger partial charge is 0.461 e. The fourth-order valence-electron chi connectivity index (χ4n) is 3.75. The lowest BCUT2D eigenvalue weighted by molar-refractivity contribution is -0.134. The van der Waals surface area contributed by atoms with Gasteiger partial charge in [-0.1, -0.05) is 71.9 Å². The van der Waals surface area contributed by atoms with E-state index in [1.165, 1.54) is 23.5 Å². The zero-order chi connectivity index (χ0) is 24.4. The lowest BCUT2D eigenvalue weighted by Gasteiger charge is -2.38. The third-order valence-electron chi connectivity index (χ3n) is 5.26. The first kappa shape index (κ1) is 23.5. The van der Waals surface area contributed by atoms with Gasteiger partial charge in [-0.05, 0) is 66.7 Å². The van der Waals surface area contributed by atoms with Gasteiger partial charge in [0.15, 0.2) is 0 Å². The molecule has 35 heavy (non-hydrogen) atoms. The number of hydrazone groups is 1. The molecule has 3 aromatic carbocycles. The van der Waals surface area contributed by atoms with Gasteiger partial charge in [0.2, 0.25) is 9.37 Å². The molecule has 5 rings (SSSR count). The van der Waals surface area contributed by atoms with E-state index in [9.17, 15) is 9.59 Å². The van der Waals surface area contributed by atoms with Gasteiger partial charge in [-0.15, -0.1) is 0 Å². The number of esters is 1. The van der Waals surface area contributed by atoms with E-state index in [1.807, 2.05) is 78.9 Å². The molecule has 0 bridgehead atoms. The molecule has 2 aliphatic rings. The first-order valence-corrected chi connectivity index (χ1v) is 12.9. The topological polar surface area (TPSA) is 62.2 Å². The summed E-state index contributed by atoms with van der Waals surface area (Å²) in [6.07, 6.45) is 1.86. The number of halogens is 1. The molecule has 0 aromatic heterocycles. The standard InChI is InChI=1S/C26H20ClN3O3S2/c1-2-33-25(32)23-28-30(21-15-13-19(27)14-16-21)26(35-23)29(20-11-7-4-8-12-20)24(31)22(34-26)17-18-9-5-3-6-10-18/h3-17H,2H2,1H3/b22-17+/t26-/m1/s1. The Morgan fingerprint density at radius 2 is 1.63 bits per heavy atom. The molecule has 176 valence electrons. The van der Waals surface area contributed by atoms with Crippen LogP contribution in [-0.2, 0) is 14.3 Å². The van der Waals surface area contributed by atoms with Crippen molar-refractivity contribution in [1.82, 2.24) is 0 Å². The summed E-state index contributed by atoms with van der Waals surface area (Å²) >= 11 is 8.67. The molecular formula is C26H20ClN3O3S2. The quantitative estimate of drug-likeness (QED) is 0.294. The Hall–Kier alpha value is -3.20. The highest BCUT2D eigenvalue weighted by Gasteiger charge is 2.60. The number of carbonyl (C=O) groups excluding carboxylic acids is 2. The Bertz CT molecular complexity index is 1320. The fourth-order valence-corrected chi connectivity index (χ4v) is 6.75. The van der Waals surface area contributed by atoms with Gasteiger partial charge in [-0.3, -0.25) is 9.69 Å². The molecule has 1 atom stereocenters. The van der Waals surface area contributed by atoms with Crippen LogP contribution in [0.25, 0.3) is 6.08 Å². The molecular weight excluding hydrogens is 502 g/mol. The van der Waals surface area contributed by atoms with E-state index in [0.29, 0.717) is 21.3 Å². The third kappa shape index (κ3) is 4.45. The van der Waals surface area contributed by atoms with Crippen molar-refractivity contribution in [3.8, 4) is 0 Å². The second-order valence-corrected chi connectivity index (χ2v) is 10.6. The summed E-state index contributed by atoms with van der Waals surface area (Å²) in [5.41, 5.74) is 2.28. The highest BCUT2D eigenvalue weighted by molar-refractivity contribution is 8.29. The first-order valence-electron chi connectivity index (χ1n) is 10.9. The maximum Gasteiger partial charge on any atom is 0.365 e. The molecule has 0 saturated carbocycles. The average Bonchev–Trinajstić information content (AvgIpc) is 3.38. The van der Waals surface area contributed by atoms with Gasteiger partial charge in [0.1, 0.15) is 0 Å². The number of ether oxygens (including phenoxy) is 1. The Morgan fingerprint density at radius 1 is 0.971 bits per heavy atom. The molecule has 2 aliphatic heterocycles. The smallest absolute Gasteiger partial charge is 0.365 e. The molecule has 2 heterocycles. The van der Waals surface area contributed by atoms with Crippen LogP contribution in [0.15, 0.2) is 94.9 Å². The van der Waals surface area contributed by atoms with Crippen LogP contribution in [0, 0.1) is 0 Å². The van der Waals surface area contributed by atoms with Crippen molar-refractivity contribution in [1.29, 1.82) is 0 Å². The van der Waals surface area contributed by atoms with E-state index >= 15 is 0 Å². The normalized spacial score (nSPS) is 20.6. The second-order valence-electron chi connectivity index (χ2n) is 7.56. The van der Waals surface area contributed by atoms with Crippen molar-refractivity contribution in [3.05, 3.63) is 100 Å². The van der Waals surface area contributed by atoms with E-state index in [-0.39, 0.29) is 17.6 Å². The number of benzene rings is 3. The zero-order valence-corrected chi connectivity index (χ0v) is 21.0. The van der Waals surface area contributed by atoms with Gasteiger partial charge in [-0.25, -0.2) is 9.80 Å². The van der Waals surface area contributed by atoms with Crippen molar-refractivity contribution in [2.24, 2.45) is 5.10 Å². The van der Waals surface area contributed by atoms with Crippen LogP contribution in [0.2, 0.25) is 5.02 Å². The van der Waals surface area contributed by atoms with Gasteiger partial charge >= 0.3 is 5.97 Å². The Morgan fingerprint density at radius 3 is 2.29 bits per heavy atom. The summed E-state index contributed by atoms with van der Waals surface area (Å²) in [6.45, 7) is 1.97. The summed E-state index contributed by atoms with van der Waals surface area (Å²) in [6, 6.07) is 26.2. The van der Waals surface area contributed by atoms with Gasteiger partial charge < -0.3 is 4.74 Å². The summed E-state index contributed by atoms with van der Waals surface area (Å²) in [7, 11) is 0. The van der Waals surface area contributed by atoms with Crippen LogP contribution in [0.1, 0.15) is 12.5 Å². The molecule has 6 nitrogen and oxygen atoms in total. The van der Waals surface area contributed by atoms with Crippen LogP contribution in [-0.4, -0.2) is 27.9 Å². The number of anilines is 2. The van der Waals surface area contributed by atoms with Gasteiger partial charge in [-0.2, -0.15) is 5.10 Å². The monoisotopic (exact) mass is 521 g/mol. The summed E-state index contributed by atoms with van der Waals surface area (Å²) in [5.74, 6) is -0.716. The summed E-state index contributed by atoms with van der Waals surface area (Å²) in [5, 5.41) is 7.09. The predicted molar refractivity (Wildman–Crippen MR) is 144 cm³/mol. The molecule has 3 aromatic rings. The molecule has 1 spiro atoms. The zero-order valence-electron chi connectivity index (χ0n) is 18.6. The molecule has 1 fully saturated rings. The van der Waals surface area contributed by atoms with Gasteiger partial charge in [0, 0.05) is 10.7 Å². The number of thioether (sulfide) groups is 2. The van der Waals surface area contributed by atoms with Crippen molar-refractivity contribution in [2.75, 3.05) is 16.5 Å². The van der Waals surface area contributed by atoms with Crippen LogP contribution in [0.4, 0.5) is 11.4 Å². The Labute approximate surface area is 216 Å². The van der Waals surface area contributed by atoms with Crippen LogP contribution in [0.3, 0.4) is 0 Å². The van der Waals surface area contributed by atoms with E-state index in [2.05, 4.69) is 5.10 Å². The molecule has 1 saturated heterocycles. The van der Waals surface area contributed by atoms with E-state index in [1.54, 1.807) is 29.0 Å². The SMILES string of the molecule is CCOC(=O)C1=NN(c2ccc(Cl)cc2)[C@@]2(S1)S/C(=C/c1ccccc1)C(=O)N2c1ccccc1. The lowest BCUT2D eigenvalue weighted by atomic mass is 10.2. The molecule has 0 N–H and O–H groups in total. The highest BCUT2D eigenvalue weighted by Crippen LogP contribution is 2.59. The number of hydrogen-bond acceptors (Lipinski definition) is 7. The maximum atomic E-state index is 13.9. The Balaban J connectivity index is 1.67. The lowest BCUT2D eigenvalue weighted by Crippen LogP contribution is -2.51. The van der Waals surface area contributed by atoms with Crippen LogP contribution in [0.5, 0.6) is 0 Å². The minimum Gasteiger partial charge on any atom is -0.461 e. The molecule has 9 heteroatoms. The number of para-hydroxylation sites is 1. The second kappa shape index (κ2) is 9.81. The van der Waals surface area contributed by atoms with Crippen LogP contribution >= 0.6 is 35.1 Å². The van der Waals surface area contributed by atoms with E-state index in [4.69, 9.17) is 16.3 Å². The average molecular weight is 522 g/mol. The van der Waals surface area contributed by atoms with Crippen molar-refractivity contribution >= 4 is 69.5 Å². The predicted octanol–water partition coefficient (Wildman–Crippen LogP) is 6.20. The number of hydrogen-bond donors (Lipinski definition) is 0. The number of rotatable bonds is 5. The number of carbonyl (C=O) groups is 2. The minimum absolute atomic E-state index is 0.170. The highest BCUT2D eigenvalue weighted by atomic mass is 35.5. The fraction of sp³-hybridized carbons (Fsp3) is 0.115. The number of amides is 1. The third-order valence-corrected chi connectivity index (χ3v) is 8.21. The molecule has 0 radical (unpaired) electrons. The maximum absolute atomic E-state index is 13.9. The summed E-state index contributed by atoms with van der Waals surface area (Å²) < 4.78 is 4.14. The van der Waals surface area contributed by atoms with Crippen LogP contribution < -0.4 is 9.91 Å². The van der Waals surface area contributed by atoms with Gasteiger partial charge in [0.25, 0.3) is 5.91 Å². The minimum atomic E-state index is -1.12. The van der Waals surface area contributed by atoms with E-state index < -0.39 is 10.3 Å². The van der Waals surface area contributed by atoms with Crippen molar-refractivity contribution in [2.45, 2.75) is 11.3 Å².